The summed E-state index contributed by atoms with van der Waals surface area (Å²) in [6.07, 6.45) is 2.95. The molecule has 6 heteroatoms. The third-order valence-electron chi connectivity index (χ3n) is 3.44. The van der Waals surface area contributed by atoms with Gasteiger partial charge in [0.15, 0.2) is 0 Å². The molecule has 2 heterocycles. The molecule has 102 valence electrons. The van der Waals surface area contributed by atoms with Crippen molar-refractivity contribution in [2.24, 2.45) is 0 Å². The number of methoxy groups -OCH3 is 1. The van der Waals surface area contributed by atoms with Gasteiger partial charge in [-0.3, -0.25) is 0 Å². The summed E-state index contributed by atoms with van der Waals surface area (Å²) in [5.74, 6) is 0. The van der Waals surface area contributed by atoms with Gasteiger partial charge < -0.3 is 19.3 Å². The summed E-state index contributed by atoms with van der Waals surface area (Å²) in [4.78, 5) is 26.6. The van der Waals surface area contributed by atoms with Gasteiger partial charge in [0.2, 0.25) is 0 Å². The van der Waals surface area contributed by atoms with Crippen molar-refractivity contribution >= 4 is 12.2 Å². The fraction of sp³-hybridized carbons (Fsp3) is 0.833. The molecule has 1 atom stereocenters. The number of rotatable bonds is 1. The van der Waals surface area contributed by atoms with Gasteiger partial charge in [-0.2, -0.15) is 0 Å². The van der Waals surface area contributed by atoms with Crippen LogP contribution in [0, 0.1) is 0 Å². The molecule has 0 aromatic rings. The first-order chi connectivity index (χ1) is 8.70. The topological polar surface area (TPSA) is 59.1 Å². The van der Waals surface area contributed by atoms with E-state index in [1.54, 1.807) is 9.80 Å². The summed E-state index contributed by atoms with van der Waals surface area (Å²) in [7, 11) is 1.36. The van der Waals surface area contributed by atoms with Crippen LogP contribution in [0.1, 0.15) is 25.7 Å². The first-order valence-corrected chi connectivity index (χ1v) is 6.49. The van der Waals surface area contributed by atoms with Gasteiger partial charge in [0.25, 0.3) is 0 Å². The van der Waals surface area contributed by atoms with Crippen LogP contribution in [-0.4, -0.2) is 61.4 Å². The Balaban J connectivity index is 1.81. The maximum atomic E-state index is 11.8. The molecule has 2 saturated heterocycles. The fourth-order valence-corrected chi connectivity index (χ4v) is 2.45. The number of piperidine rings is 1. The molecule has 0 aromatic heterocycles. The van der Waals surface area contributed by atoms with Crippen LogP contribution in [0.4, 0.5) is 9.59 Å². The first-order valence-electron chi connectivity index (χ1n) is 6.49. The Hall–Kier alpha value is -1.46. The molecule has 2 aliphatic heterocycles. The minimum atomic E-state index is -0.350. The van der Waals surface area contributed by atoms with E-state index >= 15 is 0 Å². The highest BCUT2D eigenvalue weighted by molar-refractivity contribution is 5.69. The van der Waals surface area contributed by atoms with E-state index in [2.05, 4.69) is 4.74 Å². The molecule has 0 N–H and O–H groups in total. The van der Waals surface area contributed by atoms with Crippen LogP contribution >= 0.6 is 0 Å². The van der Waals surface area contributed by atoms with Gasteiger partial charge in [-0.1, -0.05) is 0 Å². The standard InChI is InChI=1S/C12H20N2O4/c1-17-11(15)14-8-4-5-10(9-14)18-12(16)13-6-2-3-7-13/h10H,2-9H2,1H3. The number of carbonyl (C=O) groups excluding carboxylic acids is 2. The lowest BCUT2D eigenvalue weighted by Crippen LogP contribution is -2.45. The van der Waals surface area contributed by atoms with Crippen molar-refractivity contribution < 1.29 is 19.1 Å². The van der Waals surface area contributed by atoms with E-state index in [0.29, 0.717) is 13.1 Å². The van der Waals surface area contributed by atoms with Crippen molar-refractivity contribution in [3.63, 3.8) is 0 Å². The molecule has 6 nitrogen and oxygen atoms in total. The van der Waals surface area contributed by atoms with Crippen molar-refractivity contribution in [3.05, 3.63) is 0 Å². The van der Waals surface area contributed by atoms with E-state index in [4.69, 9.17) is 4.74 Å². The molecular formula is C12H20N2O4. The number of likely N-dealkylation sites (tertiary alicyclic amines) is 2. The second-order valence-electron chi connectivity index (χ2n) is 4.76. The minimum absolute atomic E-state index is 0.203. The van der Waals surface area contributed by atoms with E-state index in [-0.39, 0.29) is 18.3 Å². The fourth-order valence-electron chi connectivity index (χ4n) is 2.45. The number of ether oxygens (including phenoxy) is 2. The zero-order chi connectivity index (χ0) is 13.0. The SMILES string of the molecule is COC(=O)N1CCCC(OC(=O)N2CCCC2)C1. The number of amides is 2. The highest BCUT2D eigenvalue weighted by Crippen LogP contribution is 2.17. The van der Waals surface area contributed by atoms with E-state index in [1.165, 1.54) is 7.11 Å². The van der Waals surface area contributed by atoms with E-state index in [1.807, 2.05) is 0 Å². The van der Waals surface area contributed by atoms with Gasteiger partial charge in [-0.25, -0.2) is 9.59 Å². The highest BCUT2D eigenvalue weighted by atomic mass is 16.6. The average molecular weight is 256 g/mol. The van der Waals surface area contributed by atoms with Gasteiger partial charge in [0.1, 0.15) is 6.10 Å². The number of carbonyl (C=O) groups is 2. The molecule has 1 unspecified atom stereocenters. The largest absolute Gasteiger partial charge is 0.453 e. The van der Waals surface area contributed by atoms with Crippen LogP contribution in [0.3, 0.4) is 0 Å². The lowest BCUT2D eigenvalue weighted by atomic mass is 10.1. The lowest BCUT2D eigenvalue weighted by Gasteiger charge is -2.32. The molecular weight excluding hydrogens is 236 g/mol. The van der Waals surface area contributed by atoms with Crippen molar-refractivity contribution in [3.8, 4) is 0 Å². The molecule has 2 fully saturated rings. The summed E-state index contributed by atoms with van der Waals surface area (Å²) < 4.78 is 10.1. The molecule has 0 spiro atoms. The van der Waals surface area contributed by atoms with E-state index in [0.717, 1.165) is 38.8 Å². The zero-order valence-electron chi connectivity index (χ0n) is 10.8. The maximum Gasteiger partial charge on any atom is 0.410 e. The molecule has 0 bridgehead atoms. The number of hydrogen-bond donors (Lipinski definition) is 0. The van der Waals surface area contributed by atoms with Gasteiger partial charge in [-0.15, -0.1) is 0 Å². The molecule has 0 radical (unpaired) electrons. The Bertz CT molecular complexity index is 315. The highest BCUT2D eigenvalue weighted by Gasteiger charge is 2.28. The van der Waals surface area contributed by atoms with Gasteiger partial charge in [-0.05, 0) is 25.7 Å². The Morgan fingerprint density at radius 3 is 2.33 bits per heavy atom. The molecule has 0 saturated carbocycles. The minimum Gasteiger partial charge on any atom is -0.453 e. The number of hydrogen-bond acceptors (Lipinski definition) is 4. The third-order valence-corrected chi connectivity index (χ3v) is 3.44. The summed E-state index contributed by atoms with van der Waals surface area (Å²) >= 11 is 0. The molecule has 0 aliphatic carbocycles. The second-order valence-corrected chi connectivity index (χ2v) is 4.76. The van der Waals surface area contributed by atoms with Crippen LogP contribution in [0.25, 0.3) is 0 Å². The van der Waals surface area contributed by atoms with Crippen molar-refractivity contribution in [1.29, 1.82) is 0 Å². The van der Waals surface area contributed by atoms with Crippen LogP contribution in [0.5, 0.6) is 0 Å². The molecule has 18 heavy (non-hydrogen) atoms. The smallest absolute Gasteiger partial charge is 0.410 e. The third kappa shape index (κ3) is 3.05. The summed E-state index contributed by atoms with van der Waals surface area (Å²) in [5, 5.41) is 0. The molecule has 2 rings (SSSR count). The van der Waals surface area contributed by atoms with Gasteiger partial charge in [0.05, 0.1) is 13.7 Å². The summed E-state index contributed by atoms with van der Waals surface area (Å²) in [6.45, 7) is 2.68. The van der Waals surface area contributed by atoms with Crippen molar-refractivity contribution in [2.75, 3.05) is 33.3 Å². The summed E-state index contributed by atoms with van der Waals surface area (Å²) in [6, 6.07) is 0. The van der Waals surface area contributed by atoms with E-state index in [9.17, 15) is 9.59 Å². The normalized spacial score (nSPS) is 23.9. The Morgan fingerprint density at radius 2 is 1.67 bits per heavy atom. The monoisotopic (exact) mass is 256 g/mol. The number of nitrogens with zero attached hydrogens (tertiary/aromatic N) is 2. The van der Waals surface area contributed by atoms with Crippen LogP contribution in [0.15, 0.2) is 0 Å². The molecule has 0 aromatic carbocycles. The van der Waals surface area contributed by atoms with Crippen LogP contribution < -0.4 is 0 Å². The van der Waals surface area contributed by atoms with Gasteiger partial charge >= 0.3 is 12.2 Å². The summed E-state index contributed by atoms with van der Waals surface area (Å²) in [5.41, 5.74) is 0. The zero-order valence-corrected chi connectivity index (χ0v) is 10.8. The predicted octanol–water partition coefficient (Wildman–Crippen LogP) is 1.45. The molecule has 2 aliphatic rings. The lowest BCUT2D eigenvalue weighted by molar-refractivity contribution is 0.0235. The Kier molecular flexibility index (Phi) is 4.28. The van der Waals surface area contributed by atoms with Crippen molar-refractivity contribution in [1.82, 2.24) is 9.80 Å². The molecule has 2 amide bonds. The van der Waals surface area contributed by atoms with Crippen LogP contribution in [-0.2, 0) is 9.47 Å². The Morgan fingerprint density at radius 1 is 1.00 bits per heavy atom. The first kappa shape index (κ1) is 13.0. The second kappa shape index (κ2) is 5.93. The van der Waals surface area contributed by atoms with Gasteiger partial charge in [0, 0.05) is 19.6 Å². The Labute approximate surface area is 107 Å². The van der Waals surface area contributed by atoms with E-state index < -0.39 is 0 Å². The quantitative estimate of drug-likeness (QED) is 0.712. The predicted molar refractivity (Wildman–Crippen MR) is 64.3 cm³/mol. The average Bonchev–Trinajstić information content (AvgIpc) is 2.92. The van der Waals surface area contributed by atoms with Crippen LogP contribution in [0.2, 0.25) is 0 Å². The maximum absolute atomic E-state index is 11.8. The van der Waals surface area contributed by atoms with Crippen molar-refractivity contribution in [2.45, 2.75) is 31.8 Å².